The van der Waals surface area contributed by atoms with E-state index in [1.165, 1.54) is 44.9 Å². The van der Waals surface area contributed by atoms with Crippen LogP contribution in [-0.4, -0.2) is 0 Å². The summed E-state index contributed by atoms with van der Waals surface area (Å²) >= 11 is 0. The molecule has 0 aliphatic heterocycles. The Morgan fingerprint density at radius 2 is 1.80 bits per heavy atom. The van der Waals surface area contributed by atoms with Gasteiger partial charge in [-0.15, -0.1) is 0 Å². The minimum atomic E-state index is 0.644. The number of fused-ring (bicyclic) bond motifs is 4. The predicted octanol–water partition coefficient (Wildman–Crippen LogP) is 6.01. The van der Waals surface area contributed by atoms with E-state index in [1.54, 1.807) is 16.7 Å². The minimum absolute atomic E-state index is 0.644. The van der Waals surface area contributed by atoms with Crippen molar-refractivity contribution >= 4 is 5.57 Å². The van der Waals surface area contributed by atoms with Gasteiger partial charge >= 0.3 is 0 Å². The molecule has 0 aromatic heterocycles. The summed E-state index contributed by atoms with van der Waals surface area (Å²) in [5.74, 6) is 0.912. The Bertz CT molecular complexity index is 523. The molecular weight excluding hydrogens is 240 g/mol. The molecule has 4 rings (SSSR count). The molecule has 0 heterocycles. The Balaban J connectivity index is 0.000000581. The summed E-state index contributed by atoms with van der Waals surface area (Å²) < 4.78 is 0. The van der Waals surface area contributed by atoms with E-state index < -0.39 is 0 Å². The molecule has 0 amide bonds. The van der Waals surface area contributed by atoms with Gasteiger partial charge in [-0.25, -0.2) is 0 Å². The third-order valence-corrected chi connectivity index (χ3v) is 5.84. The highest BCUT2D eigenvalue weighted by Gasteiger charge is 2.44. The van der Waals surface area contributed by atoms with Crippen LogP contribution in [0.1, 0.15) is 70.4 Å². The first kappa shape index (κ1) is 13.9. The summed E-state index contributed by atoms with van der Waals surface area (Å²) in [5, 5.41) is 0. The standard InChI is InChI=1S/C18H22.C2H6/c1-18-11-4-7-17(18)16-9-8-13-5-2-3-6-14(13)15(16)10-12-18;1-2/h2-3,5-6,17H,4,7-12H2,1H3;1-2H3/t17-,18-;/m1./s1. The highest BCUT2D eigenvalue weighted by Crippen LogP contribution is 2.57. The van der Waals surface area contributed by atoms with Gasteiger partial charge in [-0.2, -0.15) is 0 Å². The quantitative estimate of drug-likeness (QED) is 0.540. The van der Waals surface area contributed by atoms with Crippen LogP contribution in [0.4, 0.5) is 0 Å². The van der Waals surface area contributed by atoms with Gasteiger partial charge in [0, 0.05) is 0 Å². The molecular formula is C20H28. The highest BCUT2D eigenvalue weighted by atomic mass is 14.5. The van der Waals surface area contributed by atoms with Crippen LogP contribution >= 0.6 is 0 Å². The first-order valence-electron chi connectivity index (χ1n) is 8.58. The monoisotopic (exact) mass is 268 g/mol. The van der Waals surface area contributed by atoms with Crippen LogP contribution in [0.2, 0.25) is 0 Å². The zero-order valence-electron chi connectivity index (χ0n) is 13.3. The number of benzene rings is 1. The van der Waals surface area contributed by atoms with Crippen molar-refractivity contribution < 1.29 is 0 Å². The van der Waals surface area contributed by atoms with Crippen LogP contribution in [0.25, 0.3) is 5.57 Å². The Hall–Kier alpha value is -1.04. The molecule has 0 radical (unpaired) electrons. The van der Waals surface area contributed by atoms with Crippen molar-refractivity contribution in [3.63, 3.8) is 0 Å². The van der Waals surface area contributed by atoms with Crippen LogP contribution in [-0.2, 0) is 6.42 Å². The highest BCUT2D eigenvalue weighted by molar-refractivity contribution is 5.74. The molecule has 3 aliphatic rings. The topological polar surface area (TPSA) is 0 Å². The van der Waals surface area contributed by atoms with Gasteiger partial charge in [0.2, 0.25) is 0 Å². The SMILES string of the molecule is CC.C[C@]12CCC[C@@H]1C1=C(CC2)c2ccccc2CC1. The van der Waals surface area contributed by atoms with Crippen LogP contribution in [0.3, 0.4) is 0 Å². The summed E-state index contributed by atoms with van der Waals surface area (Å²) in [4.78, 5) is 0. The maximum absolute atomic E-state index is 2.55. The number of hydrogen-bond donors (Lipinski definition) is 0. The first-order valence-corrected chi connectivity index (χ1v) is 8.58. The van der Waals surface area contributed by atoms with Crippen LogP contribution in [0.5, 0.6) is 0 Å². The van der Waals surface area contributed by atoms with Gasteiger partial charge in [0.25, 0.3) is 0 Å². The molecule has 1 aromatic carbocycles. The van der Waals surface area contributed by atoms with Gasteiger partial charge in [0.05, 0.1) is 0 Å². The second kappa shape index (κ2) is 5.39. The van der Waals surface area contributed by atoms with Crippen molar-refractivity contribution in [2.24, 2.45) is 11.3 Å². The minimum Gasteiger partial charge on any atom is -0.0683 e. The Morgan fingerprint density at radius 3 is 2.65 bits per heavy atom. The lowest BCUT2D eigenvalue weighted by Crippen LogP contribution is -2.29. The van der Waals surface area contributed by atoms with E-state index in [1.807, 2.05) is 19.4 Å². The molecule has 0 N–H and O–H groups in total. The molecule has 0 nitrogen and oxygen atoms in total. The van der Waals surface area contributed by atoms with Crippen molar-refractivity contribution in [2.45, 2.75) is 65.7 Å². The zero-order valence-corrected chi connectivity index (χ0v) is 13.3. The lowest BCUT2D eigenvalue weighted by molar-refractivity contribution is 0.226. The third-order valence-electron chi connectivity index (χ3n) is 5.84. The summed E-state index contributed by atoms with van der Waals surface area (Å²) in [5.41, 5.74) is 7.41. The van der Waals surface area contributed by atoms with Crippen molar-refractivity contribution in [3.05, 3.63) is 41.0 Å². The third kappa shape index (κ3) is 2.05. The summed E-state index contributed by atoms with van der Waals surface area (Å²) in [6.07, 6.45) is 9.76. The van der Waals surface area contributed by atoms with E-state index in [-0.39, 0.29) is 0 Å². The molecule has 0 saturated heterocycles. The smallest absolute Gasteiger partial charge is 0.0143 e. The zero-order chi connectivity index (χ0) is 14.2. The predicted molar refractivity (Wildman–Crippen MR) is 87.7 cm³/mol. The molecule has 108 valence electrons. The van der Waals surface area contributed by atoms with Gasteiger partial charge in [-0.05, 0) is 66.6 Å². The Morgan fingerprint density at radius 1 is 1.00 bits per heavy atom. The molecule has 0 spiro atoms. The molecule has 0 bridgehead atoms. The van der Waals surface area contributed by atoms with Crippen LogP contribution in [0.15, 0.2) is 29.8 Å². The maximum Gasteiger partial charge on any atom is -0.0143 e. The van der Waals surface area contributed by atoms with E-state index in [2.05, 4.69) is 31.2 Å². The van der Waals surface area contributed by atoms with Crippen LogP contribution < -0.4 is 0 Å². The molecule has 20 heavy (non-hydrogen) atoms. The molecule has 0 unspecified atom stereocenters. The number of allylic oxidation sites excluding steroid dienone is 2. The van der Waals surface area contributed by atoms with Gasteiger partial charge in [0.15, 0.2) is 0 Å². The molecule has 1 fully saturated rings. The number of rotatable bonds is 0. The largest absolute Gasteiger partial charge is 0.0683 e. The fourth-order valence-corrected chi connectivity index (χ4v) is 4.84. The van der Waals surface area contributed by atoms with E-state index in [0.29, 0.717) is 5.41 Å². The van der Waals surface area contributed by atoms with Crippen molar-refractivity contribution in [2.75, 3.05) is 0 Å². The second-order valence-electron chi connectivity index (χ2n) is 6.76. The van der Waals surface area contributed by atoms with Gasteiger partial charge in [0.1, 0.15) is 0 Å². The average molecular weight is 268 g/mol. The normalized spacial score (nSPS) is 30.9. The fourth-order valence-electron chi connectivity index (χ4n) is 4.84. The molecule has 3 aliphatic carbocycles. The Labute approximate surface area is 124 Å². The lowest BCUT2D eigenvalue weighted by atomic mass is 9.63. The van der Waals surface area contributed by atoms with Gasteiger partial charge < -0.3 is 0 Å². The first-order chi connectivity index (χ1) is 9.78. The van der Waals surface area contributed by atoms with E-state index in [4.69, 9.17) is 0 Å². The fraction of sp³-hybridized carbons (Fsp3) is 0.600. The van der Waals surface area contributed by atoms with Crippen molar-refractivity contribution in [3.8, 4) is 0 Å². The Kier molecular flexibility index (Phi) is 3.75. The average Bonchev–Trinajstić information content (AvgIpc) is 2.91. The van der Waals surface area contributed by atoms with Gasteiger partial charge in [-0.3, -0.25) is 0 Å². The van der Waals surface area contributed by atoms with E-state index in [9.17, 15) is 0 Å². The molecule has 1 aromatic rings. The lowest BCUT2D eigenvalue weighted by Gasteiger charge is -2.42. The van der Waals surface area contributed by atoms with Crippen LogP contribution in [0, 0.1) is 11.3 Å². The summed E-state index contributed by atoms with van der Waals surface area (Å²) in [6, 6.07) is 9.12. The molecule has 0 heteroatoms. The van der Waals surface area contributed by atoms with E-state index in [0.717, 1.165) is 5.92 Å². The number of hydrogen-bond acceptors (Lipinski definition) is 0. The summed E-state index contributed by atoms with van der Waals surface area (Å²) in [6.45, 7) is 6.55. The number of aryl methyl sites for hydroxylation is 1. The van der Waals surface area contributed by atoms with Crippen molar-refractivity contribution in [1.82, 2.24) is 0 Å². The maximum atomic E-state index is 2.55. The summed E-state index contributed by atoms with van der Waals surface area (Å²) in [7, 11) is 0. The molecule has 1 saturated carbocycles. The van der Waals surface area contributed by atoms with Gasteiger partial charge in [-0.1, -0.05) is 57.0 Å². The van der Waals surface area contributed by atoms with Crippen molar-refractivity contribution in [1.29, 1.82) is 0 Å². The van der Waals surface area contributed by atoms with E-state index >= 15 is 0 Å². The molecule has 2 atom stereocenters. The second-order valence-corrected chi connectivity index (χ2v) is 6.76.